The molecule has 2 aliphatic heterocycles. The van der Waals surface area contributed by atoms with Gasteiger partial charge in [-0.3, -0.25) is 37.9 Å². The second-order valence-electron chi connectivity index (χ2n) is 7.84. The zero-order valence-corrected chi connectivity index (χ0v) is 21.6. The van der Waals surface area contributed by atoms with Crippen molar-refractivity contribution in [1.29, 1.82) is 0 Å². The first kappa shape index (κ1) is 40.0. The molecule has 2 rings (SSSR count). The van der Waals surface area contributed by atoms with Gasteiger partial charge in [0, 0.05) is 0 Å². The summed E-state index contributed by atoms with van der Waals surface area (Å²) in [5.74, 6) is -9.95. The molecule has 42 heavy (non-hydrogen) atoms. The number of hydrogen-bond donors (Lipinski definition) is 2. The Labute approximate surface area is 280 Å². The van der Waals surface area contributed by atoms with Crippen LogP contribution < -0.4 is 0 Å². The Bertz CT molecular complexity index is 1250. The summed E-state index contributed by atoms with van der Waals surface area (Å²) in [7, 11) is -9.82. The van der Waals surface area contributed by atoms with Crippen molar-refractivity contribution in [2.24, 2.45) is 0 Å². The molecule has 2 atom stereocenters. The van der Waals surface area contributed by atoms with Gasteiger partial charge in [-0.2, -0.15) is 16.8 Å². The molecule has 0 bridgehead atoms. The van der Waals surface area contributed by atoms with Crippen molar-refractivity contribution in [2.45, 2.75) is 49.0 Å². The summed E-state index contributed by atoms with van der Waals surface area (Å²) >= 11 is 0. The molecule has 0 aromatic heterocycles. The van der Waals surface area contributed by atoms with Crippen molar-refractivity contribution in [1.82, 2.24) is 10.1 Å². The van der Waals surface area contributed by atoms with E-state index in [1.807, 2.05) is 0 Å². The molecule has 24 heteroatoms. The number of carbonyl (C=O) groups is 8. The van der Waals surface area contributed by atoms with Gasteiger partial charge < -0.3 is 19.1 Å². The Kier molecular flexibility index (Phi) is 15.9. The average Bonchev–Trinajstić information content (AvgIpc) is 3.29. The topological polar surface area (TPSA) is 289 Å². The Morgan fingerprint density at radius 2 is 0.905 bits per heavy atom. The van der Waals surface area contributed by atoms with Crippen LogP contribution in [0.25, 0.3) is 0 Å². The molecule has 0 radical (unpaired) electrons. The zero-order chi connectivity index (χ0) is 30.4. The molecule has 2 fully saturated rings. The number of amides is 4. The first-order chi connectivity index (χ1) is 18.4. The van der Waals surface area contributed by atoms with Crippen LogP contribution in [0.15, 0.2) is 0 Å². The van der Waals surface area contributed by atoms with Gasteiger partial charge >= 0.3 is 83.0 Å². The van der Waals surface area contributed by atoms with E-state index in [4.69, 9.17) is 9.11 Å². The minimum absolute atomic E-state index is 0. The minimum atomic E-state index is -4.91. The molecular formula is C18H22N2Na2O18S2. The van der Waals surface area contributed by atoms with E-state index in [0.717, 1.165) is 0 Å². The Hall–Kier alpha value is -2.02. The molecule has 0 aromatic carbocycles. The number of hydroxylamine groups is 4. The van der Waals surface area contributed by atoms with Crippen molar-refractivity contribution >= 4 is 127 Å². The van der Waals surface area contributed by atoms with E-state index in [9.17, 15) is 55.2 Å². The molecule has 2 N–H and O–H groups in total. The van der Waals surface area contributed by atoms with Gasteiger partial charge in [-0.05, 0) is 0 Å². The van der Waals surface area contributed by atoms with Gasteiger partial charge in [-0.25, -0.2) is 9.59 Å². The van der Waals surface area contributed by atoms with E-state index in [0.29, 0.717) is 0 Å². The Morgan fingerprint density at radius 3 is 1.17 bits per heavy atom. The molecule has 0 aromatic rings. The third-order valence-electron chi connectivity index (χ3n) is 4.91. The second kappa shape index (κ2) is 16.7. The standard InChI is InChI=1S/C18H20N2O18S2.2Na.2H/c21-11-7-9(39(29,30)31)17(27)19(11)37-15(25)3-1-13(23)35-5-6-36-14(24)2-4-16(26)38-20-12(22)8-10(18(20)28)40(32,33)34;;;;/h9-10H,1-8H2,(H,29,30,31)(H,32,33,34);;;;. The summed E-state index contributed by atoms with van der Waals surface area (Å²) in [5, 5.41) is -4.52. The van der Waals surface area contributed by atoms with Crippen molar-refractivity contribution in [3.63, 3.8) is 0 Å². The number of esters is 2. The maximum atomic E-state index is 11.8. The van der Waals surface area contributed by atoms with Gasteiger partial charge in [0.1, 0.15) is 13.2 Å². The van der Waals surface area contributed by atoms with Crippen LogP contribution in [-0.2, 0) is 77.7 Å². The second-order valence-corrected chi connectivity index (χ2v) is 11.0. The zero-order valence-electron chi connectivity index (χ0n) is 19.9. The third kappa shape index (κ3) is 11.6. The predicted molar refractivity (Wildman–Crippen MR) is 130 cm³/mol. The number of hydrogen-bond acceptors (Lipinski definition) is 16. The summed E-state index contributed by atoms with van der Waals surface area (Å²) in [6.07, 6.45) is -4.54. The van der Waals surface area contributed by atoms with Crippen molar-refractivity contribution in [2.75, 3.05) is 13.2 Å². The molecule has 2 heterocycles. The monoisotopic (exact) mass is 664 g/mol. The van der Waals surface area contributed by atoms with E-state index in [2.05, 4.69) is 19.1 Å². The van der Waals surface area contributed by atoms with Crippen LogP contribution in [0.1, 0.15) is 38.5 Å². The quantitative estimate of drug-likeness (QED) is 0.0614. The fourth-order valence-electron chi connectivity index (χ4n) is 2.98. The van der Waals surface area contributed by atoms with Crippen LogP contribution in [0.4, 0.5) is 0 Å². The molecule has 2 unspecified atom stereocenters. The van der Waals surface area contributed by atoms with Crippen LogP contribution in [0.2, 0.25) is 0 Å². The molecule has 0 spiro atoms. The van der Waals surface area contributed by atoms with Crippen molar-refractivity contribution in [3.05, 3.63) is 0 Å². The average molecular weight is 664 g/mol. The summed E-state index contributed by atoms with van der Waals surface area (Å²) < 4.78 is 71.3. The summed E-state index contributed by atoms with van der Waals surface area (Å²) in [4.78, 5) is 102. The maximum absolute atomic E-state index is 11.8. The summed E-state index contributed by atoms with van der Waals surface area (Å²) in [5.41, 5.74) is 0. The number of imide groups is 2. The van der Waals surface area contributed by atoms with E-state index in [-0.39, 0.29) is 69.2 Å². The summed E-state index contributed by atoms with van der Waals surface area (Å²) in [6, 6.07) is 0. The molecule has 226 valence electrons. The fraction of sp³-hybridized carbons (Fsp3) is 0.556. The van der Waals surface area contributed by atoms with Crippen LogP contribution in [-0.4, -0.2) is 166 Å². The number of carbonyl (C=O) groups excluding carboxylic acids is 8. The van der Waals surface area contributed by atoms with Crippen LogP contribution >= 0.6 is 0 Å². The molecule has 0 aliphatic carbocycles. The third-order valence-corrected chi connectivity index (χ3v) is 7.08. The van der Waals surface area contributed by atoms with Gasteiger partial charge in [-0.1, -0.05) is 0 Å². The van der Waals surface area contributed by atoms with Gasteiger partial charge in [0.2, 0.25) is 0 Å². The van der Waals surface area contributed by atoms with Crippen molar-refractivity contribution < 1.29 is 83.4 Å². The van der Waals surface area contributed by atoms with Crippen molar-refractivity contribution in [3.8, 4) is 0 Å². The molecule has 2 saturated heterocycles. The molecule has 4 amide bonds. The van der Waals surface area contributed by atoms with Gasteiger partial charge in [0.25, 0.3) is 43.9 Å². The number of rotatable bonds is 13. The molecule has 2 aliphatic rings. The van der Waals surface area contributed by atoms with Crippen LogP contribution in [0.5, 0.6) is 0 Å². The summed E-state index contributed by atoms with van der Waals surface area (Å²) in [6.45, 7) is -1.01. The van der Waals surface area contributed by atoms with Crippen LogP contribution in [0, 0.1) is 0 Å². The van der Waals surface area contributed by atoms with Gasteiger partial charge in [0.05, 0.1) is 38.5 Å². The van der Waals surface area contributed by atoms with Gasteiger partial charge in [-0.15, -0.1) is 10.1 Å². The Morgan fingerprint density at radius 1 is 0.619 bits per heavy atom. The number of nitrogens with zero attached hydrogens (tertiary/aromatic N) is 2. The first-order valence-electron chi connectivity index (χ1n) is 10.8. The molecular weight excluding hydrogens is 642 g/mol. The van der Waals surface area contributed by atoms with Crippen LogP contribution in [0.3, 0.4) is 0 Å². The Balaban J connectivity index is 0.00000840. The fourth-order valence-corrected chi connectivity index (χ4v) is 4.39. The van der Waals surface area contributed by atoms with E-state index < -0.39 is 130 Å². The molecule has 0 saturated carbocycles. The van der Waals surface area contributed by atoms with Gasteiger partial charge in [0.15, 0.2) is 10.5 Å². The van der Waals surface area contributed by atoms with E-state index in [1.54, 1.807) is 0 Å². The normalized spacial score (nSPS) is 18.6. The van der Waals surface area contributed by atoms with E-state index in [1.165, 1.54) is 0 Å². The first-order valence-corrected chi connectivity index (χ1v) is 13.8. The number of ether oxygens (including phenoxy) is 2. The molecule has 20 nitrogen and oxygen atoms in total. The SMILES string of the molecule is O=C(CCC(=O)ON1C(=O)CC(S(=O)(=O)O)C1=O)OCCOC(=O)CCC(=O)ON1C(=O)CC(S(=O)(=O)O)C1=O.[NaH].[NaH]. The predicted octanol–water partition coefficient (Wildman–Crippen LogP) is -4.72. The van der Waals surface area contributed by atoms with E-state index >= 15 is 0 Å².